The van der Waals surface area contributed by atoms with E-state index in [1.165, 1.54) is 7.11 Å². The second kappa shape index (κ2) is 9.87. The molecular formula is C28H21ClN4O5. The summed E-state index contributed by atoms with van der Waals surface area (Å²) in [7, 11) is 1.44. The van der Waals surface area contributed by atoms with E-state index in [9.17, 15) is 14.4 Å². The number of carbonyl (C=O) groups excluding carboxylic acids is 1. The number of hydrogen-bond acceptors (Lipinski definition) is 8. The van der Waals surface area contributed by atoms with Gasteiger partial charge in [-0.3, -0.25) is 19.4 Å². The lowest BCUT2D eigenvalue weighted by Gasteiger charge is -2.17. The molecule has 0 bridgehead atoms. The van der Waals surface area contributed by atoms with Gasteiger partial charge in [0.15, 0.2) is 0 Å². The summed E-state index contributed by atoms with van der Waals surface area (Å²) >= 11 is 6.49. The van der Waals surface area contributed by atoms with Crippen molar-refractivity contribution in [2.45, 2.75) is 6.92 Å². The number of primary amides is 1. The first-order chi connectivity index (χ1) is 18.2. The van der Waals surface area contributed by atoms with E-state index < -0.39 is 16.8 Å². The summed E-state index contributed by atoms with van der Waals surface area (Å²) in [6, 6.07) is 17.1. The first-order valence-corrected chi connectivity index (χ1v) is 11.8. The number of halogens is 1. The van der Waals surface area contributed by atoms with Gasteiger partial charge in [-0.25, -0.2) is 0 Å². The molecule has 1 heterocycles. The van der Waals surface area contributed by atoms with E-state index in [-0.39, 0.29) is 22.0 Å². The first kappa shape index (κ1) is 24.8. The molecule has 0 spiro atoms. The van der Waals surface area contributed by atoms with Crippen LogP contribution in [0.15, 0.2) is 76.4 Å². The van der Waals surface area contributed by atoms with Gasteiger partial charge in [0.25, 0.3) is 16.8 Å². The Morgan fingerprint density at radius 1 is 0.947 bits per heavy atom. The largest absolute Gasteiger partial charge is 0.496 e. The van der Waals surface area contributed by atoms with Crippen molar-refractivity contribution < 1.29 is 14.3 Å². The quantitative estimate of drug-likeness (QED) is 0.235. The van der Waals surface area contributed by atoms with E-state index >= 15 is 0 Å². The van der Waals surface area contributed by atoms with Crippen LogP contribution in [0.1, 0.15) is 15.9 Å². The standard InChI is InChI=1S/C28H21ClN4O5/c1-14-4-3-5-15(10-14)32-24-25(27(35)26(24)34)33-20-7-6-16(11-19(20)29)38-22-8-9-31-21-13-23(37-2)18(28(30)36)12-17(21)22/h3-13,32-33H,1-2H3,(H2,30,36). The van der Waals surface area contributed by atoms with Crippen molar-refractivity contribution in [2.24, 2.45) is 5.73 Å². The Labute approximate surface area is 221 Å². The summed E-state index contributed by atoms with van der Waals surface area (Å²) in [5.41, 5.74) is 7.39. The van der Waals surface area contributed by atoms with Crippen LogP contribution in [0.4, 0.5) is 22.7 Å². The molecule has 4 N–H and O–H groups in total. The molecule has 0 aliphatic carbocycles. The van der Waals surface area contributed by atoms with Crippen molar-refractivity contribution in [2.75, 3.05) is 17.7 Å². The zero-order chi connectivity index (χ0) is 27.0. The molecular weight excluding hydrogens is 508 g/mol. The lowest BCUT2D eigenvalue weighted by atomic mass is 10.1. The minimum Gasteiger partial charge on any atom is -0.496 e. The van der Waals surface area contributed by atoms with Crippen molar-refractivity contribution in [3.63, 3.8) is 0 Å². The zero-order valence-corrected chi connectivity index (χ0v) is 21.1. The average molecular weight is 529 g/mol. The van der Waals surface area contributed by atoms with Gasteiger partial charge in [-0.05, 0) is 48.9 Å². The maximum absolute atomic E-state index is 12.3. The Morgan fingerprint density at radius 3 is 2.39 bits per heavy atom. The summed E-state index contributed by atoms with van der Waals surface area (Å²) in [5, 5.41) is 6.76. The second-order valence-corrected chi connectivity index (χ2v) is 8.92. The number of methoxy groups -OCH3 is 1. The minimum atomic E-state index is -0.647. The Bertz CT molecular complexity index is 1790. The van der Waals surface area contributed by atoms with Crippen molar-refractivity contribution in [1.82, 2.24) is 4.98 Å². The summed E-state index contributed by atoms with van der Waals surface area (Å²) in [4.78, 5) is 40.7. The molecule has 0 aliphatic rings. The number of nitrogens with two attached hydrogens (primary N) is 1. The molecule has 38 heavy (non-hydrogen) atoms. The van der Waals surface area contributed by atoms with Crippen LogP contribution in [0.3, 0.4) is 0 Å². The summed E-state index contributed by atoms with van der Waals surface area (Å²) in [6.07, 6.45) is 1.56. The van der Waals surface area contributed by atoms with Gasteiger partial charge in [0.1, 0.15) is 28.6 Å². The highest BCUT2D eigenvalue weighted by molar-refractivity contribution is 6.33. The van der Waals surface area contributed by atoms with Gasteiger partial charge < -0.3 is 25.8 Å². The van der Waals surface area contributed by atoms with Gasteiger partial charge in [-0.15, -0.1) is 0 Å². The Kier molecular flexibility index (Phi) is 6.44. The molecule has 10 heteroatoms. The van der Waals surface area contributed by atoms with E-state index in [1.807, 2.05) is 25.1 Å². The Morgan fingerprint density at radius 2 is 1.71 bits per heavy atom. The van der Waals surface area contributed by atoms with Crippen LogP contribution < -0.4 is 36.7 Å². The van der Waals surface area contributed by atoms with Crippen LogP contribution in [0.5, 0.6) is 17.2 Å². The lowest BCUT2D eigenvalue weighted by Crippen LogP contribution is -2.35. The average Bonchev–Trinajstić information content (AvgIpc) is 2.90. The number of nitrogens with zero attached hydrogens (tertiary/aromatic N) is 1. The van der Waals surface area contributed by atoms with E-state index in [2.05, 4.69) is 15.6 Å². The van der Waals surface area contributed by atoms with E-state index in [0.717, 1.165) is 5.56 Å². The molecule has 190 valence electrons. The van der Waals surface area contributed by atoms with Gasteiger partial charge >= 0.3 is 0 Å². The summed E-state index contributed by atoms with van der Waals surface area (Å²) < 4.78 is 11.3. The molecule has 5 rings (SSSR count). The number of rotatable bonds is 8. The van der Waals surface area contributed by atoms with Crippen molar-refractivity contribution in [3.8, 4) is 17.2 Å². The molecule has 4 aromatic carbocycles. The minimum absolute atomic E-state index is 0.125. The molecule has 0 saturated heterocycles. The molecule has 0 fully saturated rings. The number of aromatic nitrogens is 1. The monoisotopic (exact) mass is 528 g/mol. The smallest absolute Gasteiger partial charge is 0.253 e. The number of anilines is 4. The third-order valence-electron chi connectivity index (χ3n) is 5.91. The number of ether oxygens (including phenoxy) is 2. The predicted octanol–water partition coefficient (Wildman–Crippen LogP) is 5.18. The highest BCUT2D eigenvalue weighted by Crippen LogP contribution is 2.36. The maximum atomic E-state index is 12.3. The fourth-order valence-electron chi connectivity index (χ4n) is 4.02. The molecule has 1 amide bonds. The molecule has 0 radical (unpaired) electrons. The maximum Gasteiger partial charge on any atom is 0.253 e. The van der Waals surface area contributed by atoms with Crippen LogP contribution in [-0.4, -0.2) is 18.0 Å². The normalized spacial score (nSPS) is 10.9. The molecule has 1 aromatic heterocycles. The van der Waals surface area contributed by atoms with E-state index in [0.29, 0.717) is 39.5 Å². The number of amides is 1. The van der Waals surface area contributed by atoms with Crippen molar-refractivity contribution in [3.05, 3.63) is 103 Å². The second-order valence-electron chi connectivity index (χ2n) is 8.51. The highest BCUT2D eigenvalue weighted by Gasteiger charge is 2.22. The fourth-order valence-corrected chi connectivity index (χ4v) is 4.24. The zero-order valence-electron chi connectivity index (χ0n) is 20.3. The van der Waals surface area contributed by atoms with E-state index in [1.54, 1.807) is 48.7 Å². The van der Waals surface area contributed by atoms with Crippen LogP contribution in [-0.2, 0) is 0 Å². The van der Waals surface area contributed by atoms with Gasteiger partial charge in [-0.2, -0.15) is 0 Å². The number of fused-ring (bicyclic) bond motifs is 1. The molecule has 9 nitrogen and oxygen atoms in total. The first-order valence-electron chi connectivity index (χ1n) is 11.4. The molecule has 0 unspecified atom stereocenters. The van der Waals surface area contributed by atoms with Gasteiger partial charge in [-0.1, -0.05) is 23.7 Å². The number of aryl methyl sites for hydroxylation is 1. The van der Waals surface area contributed by atoms with Crippen LogP contribution in [0, 0.1) is 6.92 Å². The number of carbonyl (C=O) groups is 1. The van der Waals surface area contributed by atoms with Gasteiger partial charge in [0, 0.05) is 29.4 Å². The Balaban J connectivity index is 1.41. The topological polar surface area (TPSA) is 133 Å². The number of benzene rings is 3. The summed E-state index contributed by atoms with van der Waals surface area (Å²) in [5.74, 6) is 0.478. The third kappa shape index (κ3) is 4.62. The van der Waals surface area contributed by atoms with Crippen LogP contribution in [0.25, 0.3) is 10.9 Å². The van der Waals surface area contributed by atoms with Gasteiger partial charge in [0.2, 0.25) is 0 Å². The van der Waals surface area contributed by atoms with Crippen LogP contribution >= 0.6 is 11.6 Å². The number of nitrogens with one attached hydrogen (secondary N) is 2. The summed E-state index contributed by atoms with van der Waals surface area (Å²) in [6.45, 7) is 1.93. The SMILES string of the molecule is COc1cc2nccc(Oc3ccc(Nc4c(Nc5cccc(C)c5)c(=O)c4=O)c(Cl)c3)c2cc1C(N)=O. The predicted molar refractivity (Wildman–Crippen MR) is 147 cm³/mol. The van der Waals surface area contributed by atoms with Gasteiger partial charge in [0.05, 0.1) is 28.9 Å². The fraction of sp³-hybridized carbons (Fsp3) is 0.0714. The molecule has 0 saturated carbocycles. The van der Waals surface area contributed by atoms with Crippen molar-refractivity contribution in [1.29, 1.82) is 0 Å². The highest BCUT2D eigenvalue weighted by atomic mass is 35.5. The molecule has 5 aromatic rings. The molecule has 0 aliphatic heterocycles. The molecule has 0 atom stereocenters. The lowest BCUT2D eigenvalue weighted by molar-refractivity contribution is 0.0997. The van der Waals surface area contributed by atoms with E-state index in [4.69, 9.17) is 26.8 Å². The third-order valence-corrected chi connectivity index (χ3v) is 6.23. The number of pyridine rings is 1. The number of hydrogen-bond donors (Lipinski definition) is 3. The van der Waals surface area contributed by atoms with Crippen LogP contribution in [0.2, 0.25) is 5.02 Å². The Hall–Kier alpha value is -4.89. The van der Waals surface area contributed by atoms with Crippen molar-refractivity contribution >= 4 is 51.2 Å².